The van der Waals surface area contributed by atoms with Crippen molar-refractivity contribution in [3.8, 4) is 0 Å². The van der Waals surface area contributed by atoms with Gasteiger partial charge in [-0.2, -0.15) is 0 Å². The van der Waals surface area contributed by atoms with Crippen molar-refractivity contribution in [3.63, 3.8) is 0 Å². The van der Waals surface area contributed by atoms with Gasteiger partial charge in [0, 0.05) is 16.5 Å². The van der Waals surface area contributed by atoms with Crippen LogP contribution in [0.3, 0.4) is 0 Å². The van der Waals surface area contributed by atoms with Gasteiger partial charge in [0.2, 0.25) is 0 Å². The summed E-state index contributed by atoms with van der Waals surface area (Å²) in [6.07, 6.45) is 11.4. The molecule has 0 spiro atoms. The van der Waals surface area contributed by atoms with E-state index in [4.69, 9.17) is 4.98 Å². The fourth-order valence-electron chi connectivity index (χ4n) is 3.65. The molecule has 0 aliphatic rings. The molecular formula is C23H44N2. The summed E-state index contributed by atoms with van der Waals surface area (Å²) in [4.78, 5) is 9.01. The fourth-order valence-corrected chi connectivity index (χ4v) is 3.65. The van der Waals surface area contributed by atoms with Gasteiger partial charge in [-0.15, -0.1) is 0 Å². The standard InChI is InChI=1S/C23H44N2/c1-9-12-14-16-22(5,6)20-19(18(4)11-3)24-21(25-20)23(7,8)17-15-13-10-2/h18H,9-17H2,1-8H3,(H,24,25). The quantitative estimate of drug-likeness (QED) is 0.386. The van der Waals surface area contributed by atoms with Crippen molar-refractivity contribution in [3.05, 3.63) is 17.2 Å². The van der Waals surface area contributed by atoms with E-state index in [9.17, 15) is 0 Å². The first-order chi connectivity index (χ1) is 11.7. The topological polar surface area (TPSA) is 28.7 Å². The molecule has 2 nitrogen and oxygen atoms in total. The molecule has 146 valence electrons. The van der Waals surface area contributed by atoms with E-state index in [1.54, 1.807) is 0 Å². The zero-order valence-electron chi connectivity index (χ0n) is 18.4. The van der Waals surface area contributed by atoms with Crippen LogP contribution in [0.4, 0.5) is 0 Å². The van der Waals surface area contributed by atoms with Crippen LogP contribution in [-0.4, -0.2) is 9.97 Å². The molecule has 1 unspecified atom stereocenters. The first-order valence-corrected chi connectivity index (χ1v) is 10.8. The molecule has 1 aromatic rings. The van der Waals surface area contributed by atoms with Gasteiger partial charge >= 0.3 is 0 Å². The van der Waals surface area contributed by atoms with E-state index < -0.39 is 0 Å². The van der Waals surface area contributed by atoms with Crippen LogP contribution in [0.5, 0.6) is 0 Å². The van der Waals surface area contributed by atoms with E-state index in [1.165, 1.54) is 68.6 Å². The van der Waals surface area contributed by atoms with Crippen molar-refractivity contribution in [1.82, 2.24) is 9.97 Å². The molecule has 0 saturated carbocycles. The molecule has 0 saturated heterocycles. The average molecular weight is 349 g/mol. The van der Waals surface area contributed by atoms with Gasteiger partial charge < -0.3 is 4.98 Å². The van der Waals surface area contributed by atoms with Crippen LogP contribution >= 0.6 is 0 Å². The van der Waals surface area contributed by atoms with Crippen molar-refractivity contribution in [2.24, 2.45) is 0 Å². The van der Waals surface area contributed by atoms with E-state index in [1.807, 2.05) is 0 Å². The molecular weight excluding hydrogens is 304 g/mol. The Morgan fingerprint density at radius 2 is 1.36 bits per heavy atom. The summed E-state index contributed by atoms with van der Waals surface area (Å²) < 4.78 is 0. The SMILES string of the molecule is CCCCCC(C)(C)c1nc(C(C)(C)CCCCC)c(C(C)CC)[nH]1. The Morgan fingerprint density at radius 1 is 0.840 bits per heavy atom. The minimum Gasteiger partial charge on any atom is -0.345 e. The number of rotatable bonds is 12. The summed E-state index contributed by atoms with van der Waals surface area (Å²) in [5.74, 6) is 1.76. The summed E-state index contributed by atoms with van der Waals surface area (Å²) in [7, 11) is 0. The summed E-state index contributed by atoms with van der Waals surface area (Å²) in [5.41, 5.74) is 3.01. The zero-order valence-corrected chi connectivity index (χ0v) is 18.4. The Labute approximate surface area is 157 Å². The zero-order chi connectivity index (χ0) is 19.1. The molecule has 1 rings (SSSR count). The summed E-state index contributed by atoms with van der Waals surface area (Å²) in [5, 5.41) is 0. The fraction of sp³-hybridized carbons (Fsp3) is 0.870. The number of unbranched alkanes of at least 4 members (excludes halogenated alkanes) is 4. The molecule has 1 aromatic heterocycles. The number of hydrogen-bond donors (Lipinski definition) is 1. The predicted molar refractivity (Wildman–Crippen MR) is 112 cm³/mol. The molecule has 1 heterocycles. The lowest BCUT2D eigenvalue weighted by molar-refractivity contribution is 0.417. The smallest absolute Gasteiger partial charge is 0.112 e. The highest BCUT2D eigenvalue weighted by Crippen LogP contribution is 2.37. The maximum Gasteiger partial charge on any atom is 0.112 e. The van der Waals surface area contributed by atoms with E-state index in [-0.39, 0.29) is 10.8 Å². The minimum atomic E-state index is 0.134. The lowest BCUT2D eigenvalue weighted by atomic mass is 9.80. The second kappa shape index (κ2) is 9.78. The minimum absolute atomic E-state index is 0.134. The third-order valence-electron chi connectivity index (χ3n) is 5.93. The molecule has 0 fully saturated rings. The lowest BCUT2D eigenvalue weighted by Crippen LogP contribution is -2.22. The van der Waals surface area contributed by atoms with Gasteiger partial charge in [0.25, 0.3) is 0 Å². The predicted octanol–water partition coefficient (Wildman–Crippen LogP) is 7.64. The van der Waals surface area contributed by atoms with Crippen molar-refractivity contribution in [2.45, 2.75) is 130 Å². The maximum absolute atomic E-state index is 5.22. The van der Waals surface area contributed by atoms with Crippen LogP contribution in [0, 0.1) is 0 Å². The number of hydrogen-bond acceptors (Lipinski definition) is 1. The van der Waals surface area contributed by atoms with E-state index >= 15 is 0 Å². The number of aromatic nitrogens is 2. The normalized spacial score (nSPS) is 14.1. The van der Waals surface area contributed by atoms with Crippen LogP contribution in [-0.2, 0) is 10.8 Å². The Bertz CT molecular complexity index is 496. The molecule has 0 amide bonds. The molecule has 0 radical (unpaired) electrons. The van der Waals surface area contributed by atoms with E-state index in [0.29, 0.717) is 5.92 Å². The third-order valence-corrected chi connectivity index (χ3v) is 5.93. The number of imidazole rings is 1. The molecule has 0 aliphatic heterocycles. The van der Waals surface area contributed by atoms with Gasteiger partial charge in [-0.05, 0) is 25.2 Å². The second-order valence-electron chi connectivity index (χ2n) is 9.34. The molecule has 25 heavy (non-hydrogen) atoms. The second-order valence-corrected chi connectivity index (χ2v) is 9.34. The van der Waals surface area contributed by atoms with Crippen molar-refractivity contribution >= 4 is 0 Å². The Morgan fingerprint density at radius 3 is 1.84 bits per heavy atom. The Hall–Kier alpha value is -0.790. The maximum atomic E-state index is 5.22. The van der Waals surface area contributed by atoms with Crippen molar-refractivity contribution < 1.29 is 0 Å². The highest BCUT2D eigenvalue weighted by atomic mass is 15.0. The van der Waals surface area contributed by atoms with E-state index in [2.05, 4.69) is 60.4 Å². The summed E-state index contributed by atoms with van der Waals surface area (Å²) >= 11 is 0. The monoisotopic (exact) mass is 348 g/mol. The third kappa shape index (κ3) is 6.15. The molecule has 0 aliphatic carbocycles. The van der Waals surface area contributed by atoms with Crippen LogP contribution in [0.2, 0.25) is 0 Å². The molecule has 0 bridgehead atoms. The molecule has 1 N–H and O–H groups in total. The molecule has 0 aromatic carbocycles. The largest absolute Gasteiger partial charge is 0.345 e. The van der Waals surface area contributed by atoms with Crippen molar-refractivity contribution in [1.29, 1.82) is 0 Å². The molecule has 2 heteroatoms. The average Bonchev–Trinajstić information content (AvgIpc) is 3.01. The van der Waals surface area contributed by atoms with Gasteiger partial charge in [-0.1, -0.05) is 93.9 Å². The van der Waals surface area contributed by atoms with Crippen LogP contribution in [0.1, 0.15) is 136 Å². The van der Waals surface area contributed by atoms with Crippen molar-refractivity contribution in [2.75, 3.05) is 0 Å². The van der Waals surface area contributed by atoms with Gasteiger partial charge in [0.15, 0.2) is 0 Å². The Kier molecular flexibility index (Phi) is 8.71. The molecule has 1 atom stereocenters. The summed E-state index contributed by atoms with van der Waals surface area (Å²) in [6.45, 7) is 18.7. The summed E-state index contributed by atoms with van der Waals surface area (Å²) in [6, 6.07) is 0. The lowest BCUT2D eigenvalue weighted by Gasteiger charge is -2.25. The first-order valence-electron chi connectivity index (χ1n) is 10.8. The van der Waals surface area contributed by atoms with Crippen LogP contribution < -0.4 is 0 Å². The van der Waals surface area contributed by atoms with Gasteiger partial charge in [-0.25, -0.2) is 4.98 Å². The van der Waals surface area contributed by atoms with Crippen LogP contribution in [0.25, 0.3) is 0 Å². The first kappa shape index (κ1) is 22.3. The number of nitrogens with one attached hydrogen (secondary N) is 1. The number of aromatic amines is 1. The Balaban J connectivity index is 3.12. The van der Waals surface area contributed by atoms with E-state index in [0.717, 1.165) is 6.42 Å². The number of nitrogens with zero attached hydrogens (tertiary/aromatic N) is 1. The van der Waals surface area contributed by atoms with Gasteiger partial charge in [-0.3, -0.25) is 0 Å². The number of H-pyrrole nitrogens is 1. The highest BCUT2D eigenvalue weighted by molar-refractivity contribution is 5.28. The van der Waals surface area contributed by atoms with Gasteiger partial charge in [0.05, 0.1) is 5.69 Å². The highest BCUT2D eigenvalue weighted by Gasteiger charge is 2.32. The van der Waals surface area contributed by atoms with Crippen LogP contribution in [0.15, 0.2) is 0 Å². The van der Waals surface area contributed by atoms with Gasteiger partial charge in [0.1, 0.15) is 5.82 Å².